The highest BCUT2D eigenvalue weighted by Crippen LogP contribution is 2.22. The number of aliphatic hydroxyl groups is 1. The molecule has 0 bridgehead atoms. The molecule has 0 atom stereocenters. The van der Waals surface area contributed by atoms with Crippen molar-refractivity contribution in [1.29, 1.82) is 0 Å². The van der Waals surface area contributed by atoms with Crippen molar-refractivity contribution in [3.05, 3.63) is 28.8 Å². The second-order valence-electron chi connectivity index (χ2n) is 3.61. The molecule has 0 radical (unpaired) electrons. The maximum atomic E-state index is 8.59. The average Bonchev–Trinajstić information content (AvgIpc) is 2.34. The summed E-state index contributed by atoms with van der Waals surface area (Å²) in [5.74, 6) is 0.838. The van der Waals surface area contributed by atoms with Crippen molar-refractivity contribution < 1.29 is 9.84 Å². The van der Waals surface area contributed by atoms with Crippen LogP contribution in [0.4, 0.5) is 0 Å². The molecule has 0 aliphatic rings. The monoisotopic (exact) mass is 330 g/mol. The molecule has 0 amide bonds. The first kappa shape index (κ1) is 21.1. The molecule has 19 heavy (non-hydrogen) atoms. The Hall–Kier alpha value is -0.230. The summed E-state index contributed by atoms with van der Waals surface area (Å²) in [5.41, 5.74) is 1.04. The van der Waals surface area contributed by atoms with E-state index in [0.717, 1.165) is 24.4 Å². The Morgan fingerprint density at radius 2 is 1.84 bits per heavy atom. The van der Waals surface area contributed by atoms with Gasteiger partial charge in [-0.2, -0.15) is 0 Å². The zero-order chi connectivity index (χ0) is 12.5. The molecule has 1 aromatic rings. The Balaban J connectivity index is 0. The second-order valence-corrected chi connectivity index (χ2v) is 4.04. The molecule has 0 spiro atoms. The Morgan fingerprint density at radius 3 is 2.47 bits per heavy atom. The smallest absolute Gasteiger partial charge is 0.123 e. The van der Waals surface area contributed by atoms with Gasteiger partial charge in [0.1, 0.15) is 5.75 Å². The molecule has 112 valence electrons. The number of halogens is 3. The highest BCUT2D eigenvalue weighted by Gasteiger charge is 2.02. The minimum absolute atomic E-state index is 0. The van der Waals surface area contributed by atoms with Crippen LogP contribution in [0, 0.1) is 0 Å². The first-order valence-electron chi connectivity index (χ1n) is 5.62. The number of rotatable bonds is 8. The third-order valence-corrected chi connectivity index (χ3v) is 2.56. The molecule has 0 saturated heterocycles. The van der Waals surface area contributed by atoms with Crippen LogP contribution in [0.3, 0.4) is 0 Å². The normalized spacial score (nSPS) is 9.42. The van der Waals surface area contributed by atoms with E-state index in [0.29, 0.717) is 18.1 Å². The molecule has 3 N–H and O–H groups in total. The molecule has 0 saturated carbocycles. The predicted molar refractivity (Wildman–Crippen MR) is 84.2 cm³/mol. The maximum Gasteiger partial charge on any atom is 0.123 e. The highest BCUT2D eigenvalue weighted by atomic mass is 35.5. The largest absolute Gasteiger partial charge is 0.496 e. The minimum atomic E-state index is 0. The first-order valence-corrected chi connectivity index (χ1v) is 6.00. The summed E-state index contributed by atoms with van der Waals surface area (Å²) >= 11 is 5.93. The molecular weight excluding hydrogens is 311 g/mol. The summed E-state index contributed by atoms with van der Waals surface area (Å²) in [4.78, 5) is 0. The molecule has 7 heteroatoms. The van der Waals surface area contributed by atoms with Crippen LogP contribution in [0.2, 0.25) is 5.02 Å². The summed E-state index contributed by atoms with van der Waals surface area (Å²) < 4.78 is 5.25. The summed E-state index contributed by atoms with van der Waals surface area (Å²) in [6.45, 7) is 3.16. The van der Waals surface area contributed by atoms with E-state index in [-0.39, 0.29) is 31.4 Å². The highest BCUT2D eigenvalue weighted by molar-refractivity contribution is 6.30. The van der Waals surface area contributed by atoms with Gasteiger partial charge < -0.3 is 20.5 Å². The second kappa shape index (κ2) is 12.8. The van der Waals surface area contributed by atoms with Gasteiger partial charge in [-0.1, -0.05) is 11.6 Å². The van der Waals surface area contributed by atoms with Gasteiger partial charge in [-0.05, 0) is 18.2 Å². The SMILES string of the molecule is COc1ccc(Cl)cc1CNCCNCCO.Cl.Cl. The van der Waals surface area contributed by atoms with Gasteiger partial charge in [-0.15, -0.1) is 24.8 Å². The van der Waals surface area contributed by atoms with Gasteiger partial charge in [0.15, 0.2) is 0 Å². The van der Waals surface area contributed by atoms with E-state index in [4.69, 9.17) is 21.4 Å². The lowest BCUT2D eigenvalue weighted by Crippen LogP contribution is -2.28. The van der Waals surface area contributed by atoms with E-state index in [1.54, 1.807) is 7.11 Å². The third-order valence-electron chi connectivity index (χ3n) is 2.33. The summed E-state index contributed by atoms with van der Waals surface area (Å²) in [7, 11) is 1.65. The fourth-order valence-corrected chi connectivity index (χ4v) is 1.68. The molecule has 0 unspecified atom stereocenters. The fourth-order valence-electron chi connectivity index (χ4n) is 1.49. The Kier molecular flexibility index (Phi) is 14.2. The third kappa shape index (κ3) is 8.52. The quantitative estimate of drug-likeness (QED) is 0.637. The zero-order valence-corrected chi connectivity index (χ0v) is 13.2. The van der Waals surface area contributed by atoms with Crippen LogP contribution in [0.15, 0.2) is 18.2 Å². The standard InChI is InChI=1S/C12H19ClN2O2.2ClH/c1-17-12-3-2-11(13)8-10(12)9-15-5-4-14-6-7-16;;/h2-3,8,14-16H,4-7,9H2,1H3;2*1H. The van der Waals surface area contributed by atoms with Crippen molar-refractivity contribution in [3.8, 4) is 5.75 Å². The van der Waals surface area contributed by atoms with Gasteiger partial charge in [0.25, 0.3) is 0 Å². The van der Waals surface area contributed by atoms with Crippen LogP contribution in [0.25, 0.3) is 0 Å². The molecule has 1 rings (SSSR count). The van der Waals surface area contributed by atoms with Crippen LogP contribution in [0.1, 0.15) is 5.56 Å². The van der Waals surface area contributed by atoms with Gasteiger partial charge >= 0.3 is 0 Å². The molecule has 4 nitrogen and oxygen atoms in total. The van der Waals surface area contributed by atoms with Crippen LogP contribution >= 0.6 is 36.4 Å². The average molecular weight is 332 g/mol. The summed E-state index contributed by atoms with van der Waals surface area (Å²) in [6, 6.07) is 5.57. The maximum absolute atomic E-state index is 8.59. The molecule has 0 fully saturated rings. The minimum Gasteiger partial charge on any atom is -0.496 e. The van der Waals surface area contributed by atoms with Gasteiger partial charge in [-0.3, -0.25) is 0 Å². The van der Waals surface area contributed by atoms with Crippen LogP contribution < -0.4 is 15.4 Å². The van der Waals surface area contributed by atoms with E-state index in [1.807, 2.05) is 18.2 Å². The van der Waals surface area contributed by atoms with E-state index in [1.165, 1.54) is 0 Å². The number of hydrogen-bond donors (Lipinski definition) is 3. The predicted octanol–water partition coefficient (Wildman–Crippen LogP) is 1.86. The van der Waals surface area contributed by atoms with E-state index < -0.39 is 0 Å². The number of benzene rings is 1. The number of ether oxygens (including phenoxy) is 1. The van der Waals surface area contributed by atoms with E-state index in [9.17, 15) is 0 Å². The Morgan fingerprint density at radius 1 is 1.16 bits per heavy atom. The fraction of sp³-hybridized carbons (Fsp3) is 0.500. The van der Waals surface area contributed by atoms with Crippen LogP contribution in [-0.4, -0.2) is 38.5 Å². The topological polar surface area (TPSA) is 53.5 Å². The van der Waals surface area contributed by atoms with E-state index >= 15 is 0 Å². The van der Waals surface area contributed by atoms with Crippen molar-refractivity contribution in [3.63, 3.8) is 0 Å². The van der Waals surface area contributed by atoms with Gasteiger partial charge in [-0.25, -0.2) is 0 Å². The lowest BCUT2D eigenvalue weighted by Gasteiger charge is -2.10. The van der Waals surface area contributed by atoms with Crippen LogP contribution in [0.5, 0.6) is 5.75 Å². The number of nitrogens with one attached hydrogen (secondary N) is 2. The number of methoxy groups -OCH3 is 1. The Bertz CT molecular complexity index is 341. The number of aliphatic hydroxyl groups excluding tert-OH is 1. The Labute approximate surface area is 131 Å². The van der Waals surface area contributed by atoms with Crippen molar-refractivity contribution >= 4 is 36.4 Å². The zero-order valence-electron chi connectivity index (χ0n) is 10.8. The van der Waals surface area contributed by atoms with Crippen molar-refractivity contribution in [2.75, 3.05) is 33.4 Å². The summed E-state index contributed by atoms with van der Waals surface area (Å²) in [5, 5.41) is 15.7. The molecule has 0 aromatic heterocycles. The molecule has 0 aliphatic carbocycles. The van der Waals surface area contributed by atoms with Gasteiger partial charge in [0.2, 0.25) is 0 Å². The lowest BCUT2D eigenvalue weighted by molar-refractivity contribution is 0.292. The van der Waals surface area contributed by atoms with Crippen molar-refractivity contribution in [2.24, 2.45) is 0 Å². The van der Waals surface area contributed by atoms with Crippen molar-refractivity contribution in [2.45, 2.75) is 6.54 Å². The van der Waals surface area contributed by atoms with Gasteiger partial charge in [0.05, 0.1) is 13.7 Å². The number of hydrogen-bond acceptors (Lipinski definition) is 4. The summed E-state index contributed by atoms with van der Waals surface area (Å²) in [6.07, 6.45) is 0. The van der Waals surface area contributed by atoms with Crippen molar-refractivity contribution in [1.82, 2.24) is 10.6 Å². The van der Waals surface area contributed by atoms with Gasteiger partial charge in [0, 0.05) is 36.8 Å². The molecule has 1 aromatic carbocycles. The molecule has 0 heterocycles. The van der Waals surface area contributed by atoms with Crippen LogP contribution in [-0.2, 0) is 6.54 Å². The molecular formula is C12H21Cl3N2O2. The first-order chi connectivity index (χ1) is 8.27. The lowest BCUT2D eigenvalue weighted by atomic mass is 10.2. The van der Waals surface area contributed by atoms with E-state index in [2.05, 4.69) is 10.6 Å². The molecule has 0 aliphatic heterocycles.